The number of hydrogen-bond acceptors (Lipinski definition) is 6. The SMILES string of the molecule is CCN1CCN(CCOc2ccc(-c3n[nH]nc3C(N)=O)cc2)CC1. The summed E-state index contributed by atoms with van der Waals surface area (Å²) in [6.07, 6.45) is 0. The zero-order chi connectivity index (χ0) is 17.6. The average molecular weight is 344 g/mol. The van der Waals surface area contributed by atoms with Gasteiger partial charge in [-0.2, -0.15) is 15.4 Å². The Morgan fingerprint density at radius 3 is 2.48 bits per heavy atom. The molecule has 2 aromatic rings. The minimum absolute atomic E-state index is 0.139. The van der Waals surface area contributed by atoms with Gasteiger partial charge in [-0.3, -0.25) is 9.69 Å². The Kier molecular flexibility index (Phi) is 5.62. The van der Waals surface area contributed by atoms with Gasteiger partial charge in [-0.05, 0) is 30.8 Å². The molecule has 2 heterocycles. The largest absolute Gasteiger partial charge is 0.492 e. The number of carbonyl (C=O) groups is 1. The average Bonchev–Trinajstić information content (AvgIpc) is 3.13. The monoisotopic (exact) mass is 344 g/mol. The normalized spacial score (nSPS) is 16.0. The fourth-order valence-electron chi connectivity index (χ4n) is 2.93. The molecule has 3 rings (SSSR count). The quantitative estimate of drug-likeness (QED) is 0.762. The van der Waals surface area contributed by atoms with Gasteiger partial charge in [0.2, 0.25) is 0 Å². The van der Waals surface area contributed by atoms with E-state index in [0.29, 0.717) is 12.3 Å². The molecule has 0 unspecified atom stereocenters. The molecule has 1 saturated heterocycles. The molecule has 0 aliphatic carbocycles. The third kappa shape index (κ3) is 4.34. The Labute approximate surface area is 146 Å². The molecule has 0 radical (unpaired) electrons. The van der Waals surface area contributed by atoms with Crippen molar-refractivity contribution in [3.05, 3.63) is 30.0 Å². The van der Waals surface area contributed by atoms with E-state index in [4.69, 9.17) is 10.5 Å². The van der Waals surface area contributed by atoms with Crippen LogP contribution in [0.15, 0.2) is 24.3 Å². The molecule has 1 fully saturated rings. The maximum absolute atomic E-state index is 11.3. The molecule has 8 nitrogen and oxygen atoms in total. The van der Waals surface area contributed by atoms with Crippen LogP contribution in [0.5, 0.6) is 5.75 Å². The summed E-state index contributed by atoms with van der Waals surface area (Å²) < 4.78 is 5.82. The second-order valence-corrected chi connectivity index (χ2v) is 6.03. The summed E-state index contributed by atoms with van der Waals surface area (Å²) >= 11 is 0. The third-order valence-electron chi connectivity index (χ3n) is 4.50. The number of benzene rings is 1. The van der Waals surface area contributed by atoms with Crippen molar-refractivity contribution < 1.29 is 9.53 Å². The number of rotatable bonds is 7. The van der Waals surface area contributed by atoms with Crippen LogP contribution in [0, 0.1) is 0 Å². The first-order valence-corrected chi connectivity index (χ1v) is 8.56. The van der Waals surface area contributed by atoms with Gasteiger partial charge in [0.1, 0.15) is 18.1 Å². The van der Waals surface area contributed by atoms with Crippen molar-refractivity contribution in [2.24, 2.45) is 5.73 Å². The summed E-state index contributed by atoms with van der Waals surface area (Å²) in [7, 11) is 0. The van der Waals surface area contributed by atoms with Gasteiger partial charge in [0.05, 0.1) is 0 Å². The highest BCUT2D eigenvalue weighted by Crippen LogP contribution is 2.22. The van der Waals surface area contributed by atoms with E-state index in [0.717, 1.165) is 50.6 Å². The molecule has 1 aromatic carbocycles. The third-order valence-corrected chi connectivity index (χ3v) is 4.50. The van der Waals surface area contributed by atoms with Crippen LogP contribution in [-0.2, 0) is 0 Å². The molecule has 25 heavy (non-hydrogen) atoms. The van der Waals surface area contributed by atoms with Crippen LogP contribution < -0.4 is 10.5 Å². The van der Waals surface area contributed by atoms with Crippen molar-refractivity contribution in [3.63, 3.8) is 0 Å². The van der Waals surface area contributed by atoms with E-state index in [9.17, 15) is 4.79 Å². The highest BCUT2D eigenvalue weighted by Gasteiger charge is 2.16. The molecule has 0 atom stereocenters. The molecule has 0 spiro atoms. The zero-order valence-electron chi connectivity index (χ0n) is 14.4. The number of piperazine rings is 1. The predicted octanol–water partition coefficient (Wildman–Crippen LogP) is 0.587. The Bertz CT molecular complexity index is 691. The molecule has 1 aliphatic rings. The highest BCUT2D eigenvalue weighted by molar-refractivity contribution is 5.96. The molecule has 0 bridgehead atoms. The van der Waals surface area contributed by atoms with Gasteiger partial charge < -0.3 is 15.4 Å². The molecule has 8 heteroatoms. The molecular weight excluding hydrogens is 320 g/mol. The van der Waals surface area contributed by atoms with Gasteiger partial charge >= 0.3 is 0 Å². The summed E-state index contributed by atoms with van der Waals surface area (Å²) in [5.74, 6) is 0.187. The van der Waals surface area contributed by atoms with Crippen LogP contribution in [0.3, 0.4) is 0 Å². The van der Waals surface area contributed by atoms with Crippen LogP contribution in [0.2, 0.25) is 0 Å². The number of primary amides is 1. The Hall–Kier alpha value is -2.45. The van der Waals surface area contributed by atoms with E-state index >= 15 is 0 Å². The number of carbonyl (C=O) groups excluding carboxylic acids is 1. The van der Waals surface area contributed by atoms with Gasteiger partial charge in [0.25, 0.3) is 5.91 Å². The molecule has 0 saturated carbocycles. The first kappa shape index (κ1) is 17.4. The van der Waals surface area contributed by atoms with Gasteiger partial charge in [0.15, 0.2) is 5.69 Å². The predicted molar refractivity (Wildman–Crippen MR) is 94.4 cm³/mol. The van der Waals surface area contributed by atoms with Crippen molar-refractivity contribution in [1.29, 1.82) is 0 Å². The molecule has 1 amide bonds. The molecular formula is C17H24N6O2. The summed E-state index contributed by atoms with van der Waals surface area (Å²) in [5.41, 5.74) is 6.65. The van der Waals surface area contributed by atoms with E-state index in [1.165, 1.54) is 0 Å². The number of nitrogens with one attached hydrogen (secondary N) is 1. The molecule has 1 aromatic heterocycles. The number of hydrogen-bond donors (Lipinski definition) is 2. The van der Waals surface area contributed by atoms with Crippen molar-refractivity contribution in [3.8, 4) is 17.0 Å². The number of ether oxygens (including phenoxy) is 1. The molecule has 3 N–H and O–H groups in total. The number of aromatic nitrogens is 3. The van der Waals surface area contributed by atoms with Gasteiger partial charge in [-0.1, -0.05) is 6.92 Å². The lowest BCUT2D eigenvalue weighted by Gasteiger charge is -2.33. The number of H-pyrrole nitrogens is 1. The second kappa shape index (κ2) is 8.09. The first-order valence-electron chi connectivity index (χ1n) is 8.56. The lowest BCUT2D eigenvalue weighted by atomic mass is 10.1. The number of nitrogens with two attached hydrogens (primary N) is 1. The smallest absolute Gasteiger partial charge is 0.271 e. The fourth-order valence-corrected chi connectivity index (χ4v) is 2.93. The minimum atomic E-state index is -0.604. The summed E-state index contributed by atoms with van der Waals surface area (Å²) in [6.45, 7) is 9.36. The first-order chi connectivity index (χ1) is 12.2. The van der Waals surface area contributed by atoms with E-state index < -0.39 is 5.91 Å². The fraction of sp³-hybridized carbons (Fsp3) is 0.471. The molecule has 134 valence electrons. The summed E-state index contributed by atoms with van der Waals surface area (Å²) in [5, 5.41) is 10.2. The zero-order valence-corrected chi connectivity index (χ0v) is 14.4. The van der Waals surface area contributed by atoms with Crippen LogP contribution in [0.25, 0.3) is 11.3 Å². The number of aromatic amines is 1. The van der Waals surface area contributed by atoms with Gasteiger partial charge in [-0.25, -0.2) is 0 Å². The Morgan fingerprint density at radius 2 is 1.84 bits per heavy atom. The maximum Gasteiger partial charge on any atom is 0.271 e. The minimum Gasteiger partial charge on any atom is -0.492 e. The standard InChI is InChI=1S/C17H24N6O2/c1-2-22-7-9-23(10-8-22)11-12-25-14-5-3-13(4-6-14)15-16(17(18)24)20-21-19-15/h3-6H,2,7-12H2,1H3,(H2,18,24)(H,19,20,21). The van der Waals surface area contributed by atoms with Crippen LogP contribution >= 0.6 is 0 Å². The van der Waals surface area contributed by atoms with Crippen molar-refractivity contribution in [2.45, 2.75) is 6.92 Å². The summed E-state index contributed by atoms with van der Waals surface area (Å²) in [4.78, 5) is 16.2. The van der Waals surface area contributed by atoms with E-state index in [1.54, 1.807) is 0 Å². The highest BCUT2D eigenvalue weighted by atomic mass is 16.5. The van der Waals surface area contributed by atoms with Gasteiger partial charge in [0, 0.05) is 38.3 Å². The summed E-state index contributed by atoms with van der Waals surface area (Å²) in [6, 6.07) is 7.42. The van der Waals surface area contributed by atoms with Crippen molar-refractivity contribution in [2.75, 3.05) is 45.9 Å². The van der Waals surface area contributed by atoms with Crippen molar-refractivity contribution in [1.82, 2.24) is 25.2 Å². The van der Waals surface area contributed by atoms with Crippen LogP contribution in [0.1, 0.15) is 17.4 Å². The van der Waals surface area contributed by atoms with E-state index in [2.05, 4.69) is 32.1 Å². The number of nitrogens with zero attached hydrogens (tertiary/aromatic N) is 4. The lowest BCUT2D eigenvalue weighted by molar-refractivity contribution is 0.0996. The topological polar surface area (TPSA) is 100 Å². The second-order valence-electron chi connectivity index (χ2n) is 6.03. The van der Waals surface area contributed by atoms with E-state index in [1.807, 2.05) is 24.3 Å². The maximum atomic E-state index is 11.3. The number of amides is 1. The van der Waals surface area contributed by atoms with E-state index in [-0.39, 0.29) is 5.69 Å². The van der Waals surface area contributed by atoms with Crippen LogP contribution in [0.4, 0.5) is 0 Å². The molecule has 1 aliphatic heterocycles. The Balaban J connectivity index is 1.50. The van der Waals surface area contributed by atoms with Crippen molar-refractivity contribution >= 4 is 5.91 Å². The van der Waals surface area contributed by atoms with Crippen LogP contribution in [-0.4, -0.2) is 77.0 Å². The lowest BCUT2D eigenvalue weighted by Crippen LogP contribution is -2.47. The Morgan fingerprint density at radius 1 is 1.16 bits per heavy atom. The van der Waals surface area contributed by atoms with Gasteiger partial charge in [-0.15, -0.1) is 0 Å². The number of likely N-dealkylation sites (N-methyl/N-ethyl adjacent to an activating group) is 1.